The van der Waals surface area contributed by atoms with Crippen molar-refractivity contribution in [1.29, 1.82) is 0 Å². The molecule has 3 atom stereocenters. The maximum atomic E-state index is 12.9. The minimum absolute atomic E-state index is 0.0539. The summed E-state index contributed by atoms with van der Waals surface area (Å²) in [6.45, 7) is 10.7. The van der Waals surface area contributed by atoms with Gasteiger partial charge >= 0.3 is 6.03 Å². The van der Waals surface area contributed by atoms with Crippen LogP contribution in [0.1, 0.15) is 69.2 Å². The van der Waals surface area contributed by atoms with Gasteiger partial charge in [0.05, 0.1) is 0 Å². The Morgan fingerprint density at radius 3 is 2.14 bits per heavy atom. The van der Waals surface area contributed by atoms with Crippen LogP contribution in [0.25, 0.3) is 0 Å². The standard InChI is InChI=1S/C23H32N3O2P/c1-15(2)19-13-10-14-20(16(3)4)21(19)24-23(27)25-29-26(6)17(5)22(28-29)18-11-8-7-9-12-18/h7-17,22H,1-6H3,(H2,24,25,27). The number of urea groups is 1. The fourth-order valence-electron chi connectivity index (χ4n) is 3.64. The van der Waals surface area contributed by atoms with Crippen molar-refractivity contribution in [2.45, 2.75) is 58.6 Å². The molecule has 0 radical (unpaired) electrons. The van der Waals surface area contributed by atoms with Gasteiger partial charge < -0.3 is 9.84 Å². The van der Waals surface area contributed by atoms with Crippen LogP contribution < -0.4 is 10.4 Å². The molecule has 2 N–H and O–H groups in total. The zero-order valence-electron chi connectivity index (χ0n) is 18.1. The Balaban J connectivity index is 1.75. The smallest absolute Gasteiger partial charge is 0.317 e. The number of nitrogens with one attached hydrogen (secondary N) is 2. The Morgan fingerprint density at radius 1 is 1.00 bits per heavy atom. The largest absolute Gasteiger partial charge is 0.325 e. The fraction of sp³-hybridized carbons (Fsp3) is 0.435. The van der Waals surface area contributed by atoms with Gasteiger partial charge in [-0.05, 0) is 42.5 Å². The van der Waals surface area contributed by atoms with Crippen molar-refractivity contribution in [2.24, 2.45) is 0 Å². The second kappa shape index (κ2) is 9.25. The predicted molar refractivity (Wildman–Crippen MR) is 121 cm³/mol. The van der Waals surface area contributed by atoms with Crippen molar-refractivity contribution >= 4 is 20.2 Å². The van der Waals surface area contributed by atoms with E-state index in [1.807, 2.05) is 25.2 Å². The molecule has 1 aliphatic heterocycles. The third-order valence-corrected chi connectivity index (χ3v) is 7.22. The number of carbonyl (C=O) groups excluding carboxylic acids is 1. The maximum Gasteiger partial charge on any atom is 0.325 e. The molecular formula is C23H32N3O2P. The summed E-state index contributed by atoms with van der Waals surface area (Å²) in [6.07, 6.45) is -0.0539. The monoisotopic (exact) mass is 413 g/mol. The van der Waals surface area contributed by atoms with Gasteiger partial charge in [0.15, 0.2) is 0 Å². The first-order chi connectivity index (χ1) is 13.8. The summed E-state index contributed by atoms with van der Waals surface area (Å²) in [4.78, 5) is 12.9. The van der Waals surface area contributed by atoms with Crippen molar-refractivity contribution in [3.05, 3.63) is 65.2 Å². The molecular weight excluding hydrogens is 381 g/mol. The van der Waals surface area contributed by atoms with Crippen LogP contribution in [0.2, 0.25) is 0 Å². The number of benzene rings is 2. The van der Waals surface area contributed by atoms with Crippen LogP contribution in [0.3, 0.4) is 0 Å². The van der Waals surface area contributed by atoms with Crippen LogP contribution in [-0.4, -0.2) is 23.8 Å². The third kappa shape index (κ3) is 4.80. The first-order valence-corrected chi connectivity index (χ1v) is 11.5. The molecule has 0 aromatic heterocycles. The molecule has 1 saturated heterocycles. The Bertz CT molecular complexity index is 815. The lowest BCUT2D eigenvalue weighted by Gasteiger charge is -2.23. The van der Waals surface area contributed by atoms with Gasteiger partial charge in [-0.2, -0.15) is 0 Å². The predicted octanol–water partition coefficient (Wildman–Crippen LogP) is 6.37. The Morgan fingerprint density at radius 2 is 1.59 bits per heavy atom. The van der Waals surface area contributed by atoms with Gasteiger partial charge in [0.2, 0.25) is 8.45 Å². The molecule has 29 heavy (non-hydrogen) atoms. The highest BCUT2D eigenvalue weighted by Gasteiger charge is 2.40. The Kier molecular flexibility index (Phi) is 6.94. The van der Waals surface area contributed by atoms with Crippen LogP contribution in [0.5, 0.6) is 0 Å². The van der Waals surface area contributed by atoms with E-state index in [1.54, 1.807) is 0 Å². The lowest BCUT2D eigenvalue weighted by atomic mass is 9.93. The molecule has 3 rings (SSSR count). The molecule has 2 amide bonds. The SMILES string of the molecule is CC(C)c1cccc(C(C)C)c1NC(=O)NP1OC(c2ccccc2)C(C)N1C. The molecule has 6 heteroatoms. The van der Waals surface area contributed by atoms with Crippen molar-refractivity contribution in [2.75, 3.05) is 12.4 Å². The van der Waals surface area contributed by atoms with E-state index in [0.717, 1.165) is 22.4 Å². The minimum Gasteiger partial charge on any atom is -0.317 e. The van der Waals surface area contributed by atoms with E-state index >= 15 is 0 Å². The normalized spacial score (nSPS) is 22.3. The lowest BCUT2D eigenvalue weighted by molar-refractivity contribution is 0.216. The first-order valence-electron chi connectivity index (χ1n) is 10.2. The van der Waals surface area contributed by atoms with E-state index in [4.69, 9.17) is 4.52 Å². The number of anilines is 1. The summed E-state index contributed by atoms with van der Waals surface area (Å²) in [5.74, 6) is 0.644. The van der Waals surface area contributed by atoms with E-state index in [1.165, 1.54) is 0 Å². The van der Waals surface area contributed by atoms with Crippen LogP contribution in [0.4, 0.5) is 10.5 Å². The minimum atomic E-state index is -1.22. The lowest BCUT2D eigenvalue weighted by Crippen LogP contribution is -2.31. The van der Waals surface area contributed by atoms with E-state index in [-0.39, 0.29) is 18.2 Å². The van der Waals surface area contributed by atoms with Crippen LogP contribution in [-0.2, 0) is 4.52 Å². The summed E-state index contributed by atoms with van der Waals surface area (Å²) in [5, 5.41) is 6.18. The summed E-state index contributed by atoms with van der Waals surface area (Å²) >= 11 is 0. The average molecular weight is 414 g/mol. The summed E-state index contributed by atoms with van der Waals surface area (Å²) in [7, 11) is 0.778. The molecule has 5 nitrogen and oxygen atoms in total. The molecule has 1 aliphatic rings. The molecule has 0 spiro atoms. The molecule has 0 saturated carbocycles. The molecule has 2 aromatic carbocycles. The topological polar surface area (TPSA) is 53.6 Å². The van der Waals surface area contributed by atoms with Gasteiger partial charge in [0.1, 0.15) is 6.10 Å². The summed E-state index contributed by atoms with van der Waals surface area (Å²) in [6, 6.07) is 16.4. The maximum absolute atomic E-state index is 12.9. The van der Waals surface area contributed by atoms with Crippen molar-refractivity contribution in [3.63, 3.8) is 0 Å². The zero-order valence-corrected chi connectivity index (χ0v) is 19.0. The van der Waals surface area contributed by atoms with Gasteiger partial charge in [0, 0.05) is 11.7 Å². The molecule has 1 heterocycles. The number of carbonyl (C=O) groups is 1. The molecule has 2 aromatic rings. The van der Waals surface area contributed by atoms with E-state index in [2.05, 4.69) is 80.0 Å². The number of hydrogen-bond acceptors (Lipinski definition) is 3. The highest BCUT2D eigenvalue weighted by atomic mass is 31.2. The number of amides is 2. The number of nitrogens with zero attached hydrogens (tertiary/aromatic N) is 1. The van der Waals surface area contributed by atoms with Gasteiger partial charge in [-0.15, -0.1) is 0 Å². The average Bonchev–Trinajstić information content (AvgIpc) is 2.96. The van der Waals surface area contributed by atoms with E-state index in [0.29, 0.717) is 11.8 Å². The Labute approximate surface area is 175 Å². The van der Waals surface area contributed by atoms with E-state index in [9.17, 15) is 4.79 Å². The number of rotatable bonds is 5. The molecule has 3 unspecified atom stereocenters. The fourth-order valence-corrected chi connectivity index (χ4v) is 5.20. The Hall–Kier alpha value is -1.94. The number of para-hydroxylation sites is 1. The zero-order chi connectivity index (χ0) is 21.1. The van der Waals surface area contributed by atoms with Gasteiger partial charge in [-0.25, -0.2) is 9.46 Å². The second-order valence-corrected chi connectivity index (χ2v) is 9.82. The first kappa shape index (κ1) is 21.8. The van der Waals surface area contributed by atoms with Crippen LogP contribution in [0, 0.1) is 0 Å². The van der Waals surface area contributed by atoms with Crippen molar-refractivity contribution < 1.29 is 9.32 Å². The molecule has 0 aliphatic carbocycles. The third-order valence-electron chi connectivity index (χ3n) is 5.46. The molecule has 1 fully saturated rings. The van der Waals surface area contributed by atoms with Gasteiger partial charge in [0.25, 0.3) is 0 Å². The summed E-state index contributed by atoms with van der Waals surface area (Å²) in [5.41, 5.74) is 4.34. The number of hydrogen-bond donors (Lipinski definition) is 2. The molecule has 0 bridgehead atoms. The molecule has 156 valence electrons. The van der Waals surface area contributed by atoms with Crippen LogP contribution >= 0.6 is 8.45 Å². The highest BCUT2D eigenvalue weighted by Crippen LogP contribution is 2.52. The van der Waals surface area contributed by atoms with E-state index < -0.39 is 8.45 Å². The summed E-state index contributed by atoms with van der Waals surface area (Å²) < 4.78 is 8.37. The quantitative estimate of drug-likeness (QED) is 0.560. The number of likely N-dealkylation sites (N-methyl/N-ethyl adjacent to an activating group) is 1. The van der Waals surface area contributed by atoms with Crippen LogP contribution in [0.15, 0.2) is 48.5 Å². The highest BCUT2D eigenvalue weighted by molar-refractivity contribution is 7.48. The van der Waals surface area contributed by atoms with Gasteiger partial charge in [-0.3, -0.25) is 5.09 Å². The van der Waals surface area contributed by atoms with Crippen molar-refractivity contribution in [3.8, 4) is 0 Å². The second-order valence-electron chi connectivity index (χ2n) is 8.21. The van der Waals surface area contributed by atoms with Crippen molar-refractivity contribution in [1.82, 2.24) is 9.76 Å². The van der Waals surface area contributed by atoms with Gasteiger partial charge in [-0.1, -0.05) is 76.2 Å².